The zero-order valence-corrected chi connectivity index (χ0v) is 11.1. The third-order valence-electron chi connectivity index (χ3n) is 2.68. The average molecular weight is 264 g/mol. The van der Waals surface area contributed by atoms with Gasteiger partial charge in [0, 0.05) is 19.5 Å². The number of carbonyl (C=O) groups excluding carboxylic acids is 1. The number of nitrogens with one attached hydrogen (secondary N) is 2. The van der Waals surface area contributed by atoms with Crippen LogP contribution in [0.4, 0.5) is 4.79 Å². The molecule has 0 aromatic heterocycles. The molecule has 1 aromatic rings. The van der Waals surface area contributed by atoms with Crippen LogP contribution in [0.2, 0.25) is 0 Å². The van der Waals surface area contributed by atoms with E-state index < -0.39 is 5.97 Å². The smallest absolute Gasteiger partial charge is 0.315 e. The Balaban J connectivity index is 2.11. The van der Waals surface area contributed by atoms with E-state index in [0.717, 1.165) is 5.56 Å². The van der Waals surface area contributed by atoms with Gasteiger partial charge in [0.2, 0.25) is 0 Å². The van der Waals surface area contributed by atoms with Crippen LogP contribution < -0.4 is 10.6 Å². The van der Waals surface area contributed by atoms with E-state index in [-0.39, 0.29) is 12.5 Å². The van der Waals surface area contributed by atoms with E-state index in [0.29, 0.717) is 25.9 Å². The van der Waals surface area contributed by atoms with Crippen LogP contribution in [0.5, 0.6) is 0 Å². The van der Waals surface area contributed by atoms with E-state index in [1.54, 1.807) is 0 Å². The maximum absolute atomic E-state index is 11.4. The summed E-state index contributed by atoms with van der Waals surface area (Å²) in [4.78, 5) is 21.7. The molecular formula is C14H20N2O3. The molecule has 0 fully saturated rings. The molecule has 0 bridgehead atoms. The number of carboxylic acids is 1. The first-order chi connectivity index (χ1) is 9.08. The van der Waals surface area contributed by atoms with Gasteiger partial charge in [-0.3, -0.25) is 4.79 Å². The molecule has 3 N–H and O–H groups in total. The highest BCUT2D eigenvalue weighted by Crippen LogP contribution is 2.02. The van der Waals surface area contributed by atoms with Crippen molar-refractivity contribution in [3.8, 4) is 0 Å². The number of unbranched alkanes of at least 4 members (excludes halogenated alkanes) is 1. The third kappa shape index (κ3) is 7.08. The lowest BCUT2D eigenvalue weighted by molar-refractivity contribution is -0.137. The second kappa shape index (κ2) is 8.13. The number of hydrogen-bond acceptors (Lipinski definition) is 2. The average Bonchev–Trinajstić information content (AvgIpc) is 2.37. The molecule has 104 valence electrons. The second-order valence-corrected chi connectivity index (χ2v) is 4.45. The van der Waals surface area contributed by atoms with Crippen molar-refractivity contribution in [3.05, 3.63) is 35.4 Å². The summed E-state index contributed by atoms with van der Waals surface area (Å²) in [5.74, 6) is -0.802. The van der Waals surface area contributed by atoms with Crippen LogP contribution in [0.1, 0.15) is 30.4 Å². The molecule has 0 saturated carbocycles. The van der Waals surface area contributed by atoms with Crippen LogP contribution >= 0.6 is 0 Å². The van der Waals surface area contributed by atoms with Gasteiger partial charge < -0.3 is 15.7 Å². The molecule has 0 aliphatic carbocycles. The first-order valence-corrected chi connectivity index (χ1v) is 6.37. The minimum atomic E-state index is -0.802. The molecular weight excluding hydrogens is 244 g/mol. The Morgan fingerprint density at radius 3 is 2.42 bits per heavy atom. The number of hydrogen-bond donors (Lipinski definition) is 3. The van der Waals surface area contributed by atoms with E-state index in [4.69, 9.17) is 5.11 Å². The van der Waals surface area contributed by atoms with Crippen molar-refractivity contribution < 1.29 is 14.7 Å². The van der Waals surface area contributed by atoms with Crippen molar-refractivity contribution in [2.45, 2.75) is 32.7 Å². The molecule has 0 radical (unpaired) electrons. The highest BCUT2D eigenvalue weighted by Gasteiger charge is 2.00. The van der Waals surface area contributed by atoms with E-state index in [9.17, 15) is 9.59 Å². The Labute approximate surface area is 113 Å². The van der Waals surface area contributed by atoms with Crippen molar-refractivity contribution in [1.29, 1.82) is 0 Å². The number of rotatable bonds is 7. The summed E-state index contributed by atoms with van der Waals surface area (Å²) < 4.78 is 0. The Bertz CT molecular complexity index is 415. The van der Waals surface area contributed by atoms with Crippen LogP contribution in [0.25, 0.3) is 0 Å². The zero-order chi connectivity index (χ0) is 14.1. The zero-order valence-electron chi connectivity index (χ0n) is 11.1. The van der Waals surface area contributed by atoms with Crippen LogP contribution in [0.3, 0.4) is 0 Å². The Morgan fingerprint density at radius 1 is 1.11 bits per heavy atom. The predicted octanol–water partition coefficient (Wildman–Crippen LogP) is 2.05. The number of carbonyl (C=O) groups is 2. The molecule has 0 unspecified atom stereocenters. The van der Waals surface area contributed by atoms with Crippen LogP contribution in [0.15, 0.2) is 24.3 Å². The molecule has 0 saturated heterocycles. The molecule has 5 nitrogen and oxygen atoms in total. The molecule has 5 heteroatoms. The van der Waals surface area contributed by atoms with E-state index in [1.165, 1.54) is 5.56 Å². The molecule has 0 heterocycles. The van der Waals surface area contributed by atoms with Gasteiger partial charge in [0.15, 0.2) is 0 Å². The lowest BCUT2D eigenvalue weighted by Crippen LogP contribution is -2.35. The number of urea groups is 1. The van der Waals surface area contributed by atoms with Crippen LogP contribution in [0, 0.1) is 6.92 Å². The van der Waals surface area contributed by atoms with E-state index >= 15 is 0 Å². The first kappa shape index (κ1) is 15.0. The summed E-state index contributed by atoms with van der Waals surface area (Å²) in [6.45, 7) is 3.00. The normalized spacial score (nSPS) is 9.95. The van der Waals surface area contributed by atoms with Gasteiger partial charge >= 0.3 is 12.0 Å². The largest absolute Gasteiger partial charge is 0.481 e. The number of aryl methyl sites for hydroxylation is 1. The molecule has 19 heavy (non-hydrogen) atoms. The van der Waals surface area contributed by atoms with Gasteiger partial charge in [-0.2, -0.15) is 0 Å². The third-order valence-corrected chi connectivity index (χ3v) is 2.68. The molecule has 0 aliphatic rings. The maximum Gasteiger partial charge on any atom is 0.315 e. The SMILES string of the molecule is Cc1ccc(CNC(=O)NCCCCC(=O)O)cc1. The standard InChI is InChI=1S/C14H20N2O3/c1-11-5-7-12(8-6-11)10-16-14(19)15-9-3-2-4-13(17)18/h5-8H,2-4,9-10H2,1H3,(H,17,18)(H2,15,16,19). The fourth-order valence-corrected chi connectivity index (χ4v) is 1.55. The lowest BCUT2D eigenvalue weighted by atomic mass is 10.1. The summed E-state index contributed by atoms with van der Waals surface area (Å²) in [6.07, 6.45) is 1.39. The van der Waals surface area contributed by atoms with Gasteiger partial charge in [-0.05, 0) is 25.3 Å². The Hall–Kier alpha value is -2.04. The van der Waals surface area contributed by atoms with Crippen molar-refractivity contribution >= 4 is 12.0 Å². The van der Waals surface area contributed by atoms with Crippen LogP contribution in [-0.2, 0) is 11.3 Å². The fraction of sp³-hybridized carbons (Fsp3) is 0.429. The molecule has 2 amide bonds. The highest BCUT2D eigenvalue weighted by molar-refractivity contribution is 5.73. The van der Waals surface area contributed by atoms with Gasteiger partial charge in [0.05, 0.1) is 0 Å². The molecule has 0 atom stereocenters. The monoisotopic (exact) mass is 264 g/mol. The highest BCUT2D eigenvalue weighted by atomic mass is 16.4. The number of amides is 2. The van der Waals surface area contributed by atoms with Crippen molar-refractivity contribution in [1.82, 2.24) is 10.6 Å². The van der Waals surface area contributed by atoms with E-state index in [2.05, 4.69) is 10.6 Å². The van der Waals surface area contributed by atoms with Crippen LogP contribution in [-0.4, -0.2) is 23.7 Å². The van der Waals surface area contributed by atoms with Gasteiger partial charge in [-0.25, -0.2) is 4.79 Å². The summed E-state index contributed by atoms with van der Waals surface area (Å²) >= 11 is 0. The molecule has 1 aromatic carbocycles. The summed E-state index contributed by atoms with van der Waals surface area (Å²) in [6, 6.07) is 7.72. The first-order valence-electron chi connectivity index (χ1n) is 6.37. The van der Waals surface area contributed by atoms with Crippen molar-refractivity contribution in [2.75, 3.05) is 6.54 Å². The summed E-state index contributed by atoms with van der Waals surface area (Å²) in [5.41, 5.74) is 2.23. The van der Waals surface area contributed by atoms with Gasteiger partial charge in [0.1, 0.15) is 0 Å². The van der Waals surface area contributed by atoms with E-state index in [1.807, 2.05) is 31.2 Å². The van der Waals surface area contributed by atoms with Gasteiger partial charge in [-0.15, -0.1) is 0 Å². The second-order valence-electron chi connectivity index (χ2n) is 4.45. The lowest BCUT2D eigenvalue weighted by Gasteiger charge is -2.07. The van der Waals surface area contributed by atoms with Crippen molar-refractivity contribution in [2.24, 2.45) is 0 Å². The molecule has 0 aliphatic heterocycles. The Morgan fingerprint density at radius 2 is 1.79 bits per heavy atom. The van der Waals surface area contributed by atoms with Crippen molar-refractivity contribution in [3.63, 3.8) is 0 Å². The molecule has 1 rings (SSSR count). The summed E-state index contributed by atoms with van der Waals surface area (Å²) in [7, 11) is 0. The minimum absolute atomic E-state index is 0.146. The van der Waals surface area contributed by atoms with Gasteiger partial charge in [0.25, 0.3) is 0 Å². The quantitative estimate of drug-likeness (QED) is 0.659. The number of aliphatic carboxylic acids is 1. The summed E-state index contributed by atoms with van der Waals surface area (Å²) in [5, 5.41) is 13.9. The molecule has 0 spiro atoms. The predicted molar refractivity (Wildman–Crippen MR) is 72.9 cm³/mol. The van der Waals surface area contributed by atoms with Gasteiger partial charge in [-0.1, -0.05) is 29.8 Å². The Kier molecular flexibility index (Phi) is 6.43. The minimum Gasteiger partial charge on any atom is -0.481 e. The fourth-order valence-electron chi connectivity index (χ4n) is 1.55. The maximum atomic E-state index is 11.4. The number of benzene rings is 1. The number of carboxylic acid groups (broad SMARTS) is 1. The topological polar surface area (TPSA) is 78.4 Å².